The molecule has 2 aliphatic rings. The van der Waals surface area contributed by atoms with Gasteiger partial charge in [-0.2, -0.15) is 0 Å². The number of nitrogens with zero attached hydrogens (tertiary/aromatic N) is 2. The van der Waals surface area contributed by atoms with Crippen molar-refractivity contribution in [1.29, 1.82) is 0 Å². The van der Waals surface area contributed by atoms with Gasteiger partial charge in [0.2, 0.25) is 0 Å². The van der Waals surface area contributed by atoms with E-state index in [-0.39, 0.29) is 0 Å². The van der Waals surface area contributed by atoms with Crippen LogP contribution in [0.3, 0.4) is 0 Å². The number of hydrogen-bond acceptors (Lipinski definition) is 2. The SMILES string of the molecule is CN=C(NCCCN1CCCCC1C)NC1CCCCC1. The lowest BCUT2D eigenvalue weighted by Gasteiger charge is -2.33. The Morgan fingerprint density at radius 2 is 1.86 bits per heavy atom. The van der Waals surface area contributed by atoms with Gasteiger partial charge in [0.25, 0.3) is 0 Å². The molecule has 1 aliphatic carbocycles. The zero-order valence-electron chi connectivity index (χ0n) is 14.0. The topological polar surface area (TPSA) is 39.7 Å². The first-order valence-corrected chi connectivity index (χ1v) is 9.01. The summed E-state index contributed by atoms with van der Waals surface area (Å²) in [6.07, 6.45) is 12.1. The molecular formula is C17H34N4. The van der Waals surface area contributed by atoms with Crippen LogP contribution < -0.4 is 10.6 Å². The Bertz CT molecular complexity index is 310. The monoisotopic (exact) mass is 294 g/mol. The molecule has 1 atom stereocenters. The average molecular weight is 294 g/mol. The summed E-state index contributed by atoms with van der Waals surface area (Å²) < 4.78 is 0. The number of likely N-dealkylation sites (tertiary alicyclic amines) is 1. The summed E-state index contributed by atoms with van der Waals surface area (Å²) >= 11 is 0. The lowest BCUT2D eigenvalue weighted by atomic mass is 9.96. The normalized spacial score (nSPS) is 25.8. The van der Waals surface area contributed by atoms with E-state index in [1.807, 2.05) is 7.05 Å². The summed E-state index contributed by atoms with van der Waals surface area (Å²) in [7, 11) is 1.88. The predicted molar refractivity (Wildman–Crippen MR) is 90.9 cm³/mol. The molecule has 2 fully saturated rings. The molecule has 122 valence electrons. The zero-order chi connectivity index (χ0) is 14.9. The number of hydrogen-bond donors (Lipinski definition) is 2. The Labute approximate surface area is 130 Å². The van der Waals surface area contributed by atoms with Gasteiger partial charge in [0.1, 0.15) is 0 Å². The fourth-order valence-electron chi connectivity index (χ4n) is 3.61. The van der Waals surface area contributed by atoms with Crippen molar-refractivity contribution in [3.8, 4) is 0 Å². The second-order valence-electron chi connectivity index (χ2n) is 6.71. The van der Waals surface area contributed by atoms with Crippen LogP contribution in [0.2, 0.25) is 0 Å². The maximum absolute atomic E-state index is 4.36. The molecule has 0 aromatic carbocycles. The molecule has 2 rings (SSSR count). The first-order valence-electron chi connectivity index (χ1n) is 9.01. The molecule has 1 saturated carbocycles. The third-order valence-corrected chi connectivity index (χ3v) is 5.02. The van der Waals surface area contributed by atoms with Gasteiger partial charge in [-0.15, -0.1) is 0 Å². The van der Waals surface area contributed by atoms with E-state index in [2.05, 4.69) is 27.4 Å². The van der Waals surface area contributed by atoms with Crippen molar-refractivity contribution in [3.05, 3.63) is 0 Å². The third-order valence-electron chi connectivity index (χ3n) is 5.02. The Morgan fingerprint density at radius 3 is 2.57 bits per heavy atom. The number of guanidine groups is 1. The predicted octanol–water partition coefficient (Wildman–Crippen LogP) is 2.75. The van der Waals surface area contributed by atoms with E-state index in [1.54, 1.807) is 0 Å². The van der Waals surface area contributed by atoms with Crippen molar-refractivity contribution >= 4 is 5.96 Å². The van der Waals surface area contributed by atoms with Gasteiger partial charge in [0.15, 0.2) is 5.96 Å². The molecule has 2 N–H and O–H groups in total. The Hall–Kier alpha value is -0.770. The van der Waals surface area contributed by atoms with E-state index < -0.39 is 0 Å². The summed E-state index contributed by atoms with van der Waals surface area (Å²) in [5.41, 5.74) is 0. The molecule has 0 aromatic heterocycles. The lowest BCUT2D eigenvalue weighted by Crippen LogP contribution is -2.45. The molecule has 4 heteroatoms. The van der Waals surface area contributed by atoms with Crippen LogP contribution in [0.15, 0.2) is 4.99 Å². The minimum atomic E-state index is 0.632. The van der Waals surface area contributed by atoms with Gasteiger partial charge in [-0.05, 0) is 45.6 Å². The summed E-state index contributed by atoms with van der Waals surface area (Å²) in [6, 6.07) is 1.41. The molecule has 1 saturated heterocycles. The number of nitrogens with one attached hydrogen (secondary N) is 2. The van der Waals surface area contributed by atoms with Crippen molar-refractivity contribution in [2.45, 2.75) is 76.8 Å². The molecule has 1 heterocycles. The van der Waals surface area contributed by atoms with Crippen LogP contribution in [0.5, 0.6) is 0 Å². The van der Waals surface area contributed by atoms with Crippen LogP contribution >= 0.6 is 0 Å². The number of piperidine rings is 1. The zero-order valence-corrected chi connectivity index (χ0v) is 14.0. The van der Waals surface area contributed by atoms with E-state index in [9.17, 15) is 0 Å². The molecule has 4 nitrogen and oxygen atoms in total. The second kappa shape index (κ2) is 9.29. The van der Waals surface area contributed by atoms with E-state index in [1.165, 1.54) is 70.9 Å². The van der Waals surface area contributed by atoms with E-state index in [0.29, 0.717) is 6.04 Å². The minimum Gasteiger partial charge on any atom is -0.356 e. The van der Waals surface area contributed by atoms with E-state index >= 15 is 0 Å². The fraction of sp³-hybridized carbons (Fsp3) is 0.941. The molecule has 0 amide bonds. The molecule has 0 aromatic rings. The molecule has 0 spiro atoms. The highest BCUT2D eigenvalue weighted by Gasteiger charge is 2.17. The van der Waals surface area contributed by atoms with E-state index in [4.69, 9.17) is 0 Å². The van der Waals surface area contributed by atoms with Gasteiger partial charge < -0.3 is 15.5 Å². The molecule has 1 aliphatic heterocycles. The summed E-state index contributed by atoms with van der Waals surface area (Å²) in [5, 5.41) is 7.06. The molecule has 0 radical (unpaired) electrons. The van der Waals surface area contributed by atoms with E-state index in [0.717, 1.165) is 18.5 Å². The first kappa shape index (κ1) is 16.6. The average Bonchev–Trinajstić information content (AvgIpc) is 2.53. The molecular weight excluding hydrogens is 260 g/mol. The minimum absolute atomic E-state index is 0.632. The first-order chi connectivity index (χ1) is 10.3. The molecule has 21 heavy (non-hydrogen) atoms. The maximum atomic E-state index is 4.36. The van der Waals surface area contributed by atoms with Crippen LogP contribution in [-0.4, -0.2) is 49.6 Å². The van der Waals surface area contributed by atoms with Crippen molar-refractivity contribution in [2.75, 3.05) is 26.7 Å². The largest absolute Gasteiger partial charge is 0.356 e. The maximum Gasteiger partial charge on any atom is 0.191 e. The quantitative estimate of drug-likeness (QED) is 0.465. The van der Waals surface area contributed by atoms with Crippen LogP contribution in [0.1, 0.15) is 64.7 Å². The molecule has 1 unspecified atom stereocenters. The van der Waals surface area contributed by atoms with Crippen LogP contribution in [0.4, 0.5) is 0 Å². The number of aliphatic imine (C=N–C) groups is 1. The number of rotatable bonds is 5. The van der Waals surface area contributed by atoms with Crippen molar-refractivity contribution in [1.82, 2.24) is 15.5 Å². The van der Waals surface area contributed by atoms with Gasteiger partial charge in [0.05, 0.1) is 0 Å². The second-order valence-corrected chi connectivity index (χ2v) is 6.71. The van der Waals surface area contributed by atoms with Gasteiger partial charge in [0, 0.05) is 32.2 Å². The summed E-state index contributed by atoms with van der Waals surface area (Å²) in [6.45, 7) is 5.90. The van der Waals surface area contributed by atoms with Gasteiger partial charge >= 0.3 is 0 Å². The van der Waals surface area contributed by atoms with Crippen LogP contribution in [-0.2, 0) is 0 Å². The molecule has 0 bridgehead atoms. The smallest absolute Gasteiger partial charge is 0.191 e. The Kier molecular flexibility index (Phi) is 7.34. The highest BCUT2D eigenvalue weighted by Crippen LogP contribution is 2.17. The Morgan fingerprint density at radius 1 is 1.10 bits per heavy atom. The van der Waals surface area contributed by atoms with Gasteiger partial charge in [-0.3, -0.25) is 4.99 Å². The van der Waals surface area contributed by atoms with Gasteiger partial charge in [-0.25, -0.2) is 0 Å². The van der Waals surface area contributed by atoms with Gasteiger partial charge in [-0.1, -0.05) is 25.7 Å². The van der Waals surface area contributed by atoms with Crippen molar-refractivity contribution in [3.63, 3.8) is 0 Å². The van der Waals surface area contributed by atoms with Crippen molar-refractivity contribution < 1.29 is 0 Å². The Balaban J connectivity index is 1.59. The lowest BCUT2D eigenvalue weighted by molar-refractivity contribution is 0.159. The highest BCUT2D eigenvalue weighted by atomic mass is 15.2. The van der Waals surface area contributed by atoms with Crippen LogP contribution in [0, 0.1) is 0 Å². The van der Waals surface area contributed by atoms with Crippen LogP contribution in [0.25, 0.3) is 0 Å². The summed E-state index contributed by atoms with van der Waals surface area (Å²) in [4.78, 5) is 7.00. The van der Waals surface area contributed by atoms with Crippen molar-refractivity contribution in [2.24, 2.45) is 4.99 Å². The standard InChI is InChI=1S/C17H34N4/c1-15-9-6-7-13-21(15)14-8-12-19-17(18-2)20-16-10-4-3-5-11-16/h15-16H,3-14H2,1-2H3,(H2,18,19,20). The fourth-order valence-corrected chi connectivity index (χ4v) is 3.61. The highest BCUT2D eigenvalue weighted by molar-refractivity contribution is 5.79. The summed E-state index contributed by atoms with van der Waals surface area (Å²) in [5.74, 6) is 0.994. The third kappa shape index (κ3) is 5.85.